The topological polar surface area (TPSA) is 20.3 Å². The normalized spacial score (nSPS) is 19.9. The monoisotopic (exact) mass is 249 g/mol. The standard InChI is InChI=1S/C11H20ClNOS/c1-3-10(12)11(14)13(4-2)9-5-7-15-8-6-9/h9-10H,3-8H2,1-2H3/t10-/m0/s1. The van der Waals surface area contributed by atoms with Gasteiger partial charge in [0.25, 0.3) is 0 Å². The van der Waals surface area contributed by atoms with Gasteiger partial charge in [-0.25, -0.2) is 0 Å². The summed E-state index contributed by atoms with van der Waals surface area (Å²) in [7, 11) is 0. The van der Waals surface area contributed by atoms with Crippen molar-refractivity contribution >= 4 is 29.3 Å². The smallest absolute Gasteiger partial charge is 0.240 e. The Morgan fingerprint density at radius 3 is 2.53 bits per heavy atom. The Morgan fingerprint density at radius 2 is 2.07 bits per heavy atom. The van der Waals surface area contributed by atoms with Gasteiger partial charge in [0.05, 0.1) is 0 Å². The van der Waals surface area contributed by atoms with Crippen LogP contribution in [-0.4, -0.2) is 40.3 Å². The maximum Gasteiger partial charge on any atom is 0.240 e. The predicted octanol–water partition coefficient (Wildman–Crippen LogP) is 2.75. The zero-order valence-electron chi connectivity index (χ0n) is 9.54. The minimum absolute atomic E-state index is 0.124. The van der Waals surface area contributed by atoms with Crippen LogP contribution in [0.4, 0.5) is 0 Å². The summed E-state index contributed by atoms with van der Waals surface area (Å²) in [5, 5.41) is -0.334. The fourth-order valence-corrected chi connectivity index (χ4v) is 3.15. The van der Waals surface area contributed by atoms with E-state index in [2.05, 4.69) is 0 Å². The molecule has 0 unspecified atom stereocenters. The molecule has 0 aromatic heterocycles. The Labute approximate surface area is 102 Å². The summed E-state index contributed by atoms with van der Waals surface area (Å²) in [5.74, 6) is 2.47. The molecule has 0 N–H and O–H groups in total. The van der Waals surface area contributed by atoms with Crippen molar-refractivity contribution in [1.82, 2.24) is 4.90 Å². The first-order valence-corrected chi connectivity index (χ1v) is 7.32. The second-order valence-corrected chi connectivity index (χ2v) is 5.60. The highest BCUT2D eigenvalue weighted by Crippen LogP contribution is 2.23. The highest BCUT2D eigenvalue weighted by Gasteiger charge is 2.27. The van der Waals surface area contributed by atoms with Crippen molar-refractivity contribution in [2.75, 3.05) is 18.1 Å². The van der Waals surface area contributed by atoms with Gasteiger partial charge in [-0.05, 0) is 37.7 Å². The lowest BCUT2D eigenvalue weighted by Gasteiger charge is -2.34. The molecule has 1 rings (SSSR count). The molecule has 0 bridgehead atoms. The second-order valence-electron chi connectivity index (χ2n) is 3.84. The van der Waals surface area contributed by atoms with Crippen LogP contribution >= 0.6 is 23.4 Å². The first-order chi connectivity index (χ1) is 7.20. The van der Waals surface area contributed by atoms with Gasteiger partial charge in [0.15, 0.2) is 0 Å². The summed E-state index contributed by atoms with van der Waals surface area (Å²) in [6.07, 6.45) is 2.97. The average Bonchev–Trinajstić information content (AvgIpc) is 2.30. The Morgan fingerprint density at radius 1 is 1.47 bits per heavy atom. The molecule has 0 spiro atoms. The number of rotatable bonds is 4. The molecule has 15 heavy (non-hydrogen) atoms. The molecule has 1 atom stereocenters. The summed E-state index contributed by atoms with van der Waals surface area (Å²) >= 11 is 7.99. The molecular weight excluding hydrogens is 230 g/mol. The summed E-state index contributed by atoms with van der Waals surface area (Å²) in [5.41, 5.74) is 0. The van der Waals surface area contributed by atoms with Gasteiger partial charge in [-0.15, -0.1) is 11.6 Å². The van der Waals surface area contributed by atoms with Crippen molar-refractivity contribution in [3.63, 3.8) is 0 Å². The fourth-order valence-electron chi connectivity index (χ4n) is 1.95. The molecule has 1 aliphatic heterocycles. The van der Waals surface area contributed by atoms with E-state index in [1.54, 1.807) is 0 Å². The van der Waals surface area contributed by atoms with Crippen molar-refractivity contribution < 1.29 is 4.79 Å². The van der Waals surface area contributed by atoms with Crippen LogP contribution in [0.1, 0.15) is 33.1 Å². The fraction of sp³-hybridized carbons (Fsp3) is 0.909. The van der Waals surface area contributed by atoms with Crippen molar-refractivity contribution in [3.05, 3.63) is 0 Å². The third kappa shape index (κ3) is 3.56. The quantitative estimate of drug-likeness (QED) is 0.715. The second kappa shape index (κ2) is 6.64. The van der Waals surface area contributed by atoms with Crippen LogP contribution in [-0.2, 0) is 4.79 Å². The van der Waals surface area contributed by atoms with E-state index in [1.165, 1.54) is 11.5 Å². The molecule has 1 amide bonds. The van der Waals surface area contributed by atoms with Crippen LogP contribution in [0.25, 0.3) is 0 Å². The third-order valence-electron chi connectivity index (χ3n) is 2.88. The molecule has 0 aliphatic carbocycles. The molecule has 1 heterocycles. The molecule has 0 radical (unpaired) electrons. The molecule has 2 nitrogen and oxygen atoms in total. The number of thioether (sulfide) groups is 1. The summed E-state index contributed by atoms with van der Waals surface area (Å²) in [6, 6.07) is 0.427. The number of hydrogen-bond donors (Lipinski definition) is 0. The van der Waals surface area contributed by atoms with E-state index < -0.39 is 0 Å². The maximum atomic E-state index is 12.0. The highest BCUT2D eigenvalue weighted by atomic mass is 35.5. The van der Waals surface area contributed by atoms with E-state index in [4.69, 9.17) is 11.6 Å². The number of hydrogen-bond acceptors (Lipinski definition) is 2. The molecule has 1 saturated heterocycles. The van der Waals surface area contributed by atoms with Crippen LogP contribution < -0.4 is 0 Å². The van der Waals surface area contributed by atoms with Crippen LogP contribution in [0.15, 0.2) is 0 Å². The summed E-state index contributed by atoms with van der Waals surface area (Å²) in [6.45, 7) is 4.79. The Balaban J connectivity index is 2.56. The van der Waals surface area contributed by atoms with Crippen LogP contribution in [0.2, 0.25) is 0 Å². The lowest BCUT2D eigenvalue weighted by atomic mass is 10.1. The van der Waals surface area contributed by atoms with Gasteiger partial charge in [-0.3, -0.25) is 4.79 Å². The minimum atomic E-state index is -0.334. The molecule has 88 valence electrons. The Kier molecular flexibility index (Phi) is 5.83. The van der Waals surface area contributed by atoms with Crippen LogP contribution in [0, 0.1) is 0 Å². The van der Waals surface area contributed by atoms with E-state index in [0.29, 0.717) is 6.04 Å². The Hall–Kier alpha value is 0.110. The molecular formula is C11H20ClNOS. The van der Waals surface area contributed by atoms with Gasteiger partial charge in [0.1, 0.15) is 5.38 Å². The summed E-state index contributed by atoms with van der Waals surface area (Å²) in [4.78, 5) is 14.0. The van der Waals surface area contributed by atoms with Crippen molar-refractivity contribution in [2.24, 2.45) is 0 Å². The SMILES string of the molecule is CC[C@H](Cl)C(=O)N(CC)C1CCSCC1. The molecule has 4 heteroatoms. The minimum Gasteiger partial charge on any atom is -0.339 e. The number of amides is 1. The lowest BCUT2D eigenvalue weighted by Crippen LogP contribution is -2.45. The van der Waals surface area contributed by atoms with Gasteiger partial charge >= 0.3 is 0 Å². The largest absolute Gasteiger partial charge is 0.339 e. The van der Waals surface area contributed by atoms with Gasteiger partial charge < -0.3 is 4.90 Å². The van der Waals surface area contributed by atoms with E-state index in [1.807, 2.05) is 30.5 Å². The highest BCUT2D eigenvalue weighted by molar-refractivity contribution is 7.99. The number of alkyl halides is 1. The number of carbonyl (C=O) groups excluding carboxylic acids is 1. The zero-order valence-corrected chi connectivity index (χ0v) is 11.1. The Bertz CT molecular complexity index is 207. The predicted molar refractivity (Wildman–Crippen MR) is 67.7 cm³/mol. The van der Waals surface area contributed by atoms with E-state index in [9.17, 15) is 4.79 Å². The van der Waals surface area contributed by atoms with Crippen LogP contribution in [0.3, 0.4) is 0 Å². The number of halogens is 1. The maximum absolute atomic E-state index is 12.0. The van der Waals surface area contributed by atoms with Gasteiger partial charge in [0.2, 0.25) is 5.91 Å². The molecule has 0 saturated carbocycles. The van der Waals surface area contributed by atoms with E-state index >= 15 is 0 Å². The lowest BCUT2D eigenvalue weighted by molar-refractivity contribution is -0.133. The van der Waals surface area contributed by atoms with Gasteiger partial charge in [-0.2, -0.15) is 11.8 Å². The molecule has 1 aliphatic rings. The van der Waals surface area contributed by atoms with E-state index in [0.717, 1.165) is 25.8 Å². The van der Waals surface area contributed by atoms with Gasteiger partial charge in [-0.1, -0.05) is 6.92 Å². The first-order valence-electron chi connectivity index (χ1n) is 5.73. The first kappa shape index (κ1) is 13.2. The summed E-state index contributed by atoms with van der Waals surface area (Å²) < 4.78 is 0. The van der Waals surface area contributed by atoms with Crippen molar-refractivity contribution in [1.29, 1.82) is 0 Å². The third-order valence-corrected chi connectivity index (χ3v) is 4.43. The van der Waals surface area contributed by atoms with Crippen molar-refractivity contribution in [2.45, 2.75) is 44.5 Å². The van der Waals surface area contributed by atoms with Gasteiger partial charge in [0, 0.05) is 12.6 Å². The number of carbonyl (C=O) groups is 1. The van der Waals surface area contributed by atoms with Crippen molar-refractivity contribution in [3.8, 4) is 0 Å². The van der Waals surface area contributed by atoms with Crippen LogP contribution in [0.5, 0.6) is 0 Å². The van der Waals surface area contributed by atoms with E-state index in [-0.39, 0.29) is 11.3 Å². The molecule has 0 aromatic rings. The molecule has 1 fully saturated rings. The average molecular weight is 250 g/mol. The number of nitrogens with zero attached hydrogens (tertiary/aromatic N) is 1. The zero-order chi connectivity index (χ0) is 11.3. The molecule has 0 aromatic carbocycles.